The third kappa shape index (κ3) is 2.74. The molecule has 0 atom stereocenters. The number of para-hydroxylation sites is 1. The Morgan fingerprint density at radius 2 is 2.05 bits per heavy atom. The first-order chi connectivity index (χ1) is 9.32. The minimum Gasteiger partial charge on any atom is -0.319 e. The van der Waals surface area contributed by atoms with E-state index < -0.39 is 18.3 Å². The van der Waals surface area contributed by atoms with E-state index >= 15 is 0 Å². The van der Waals surface area contributed by atoms with E-state index in [0.29, 0.717) is 9.86 Å². The number of fused-ring (bicyclic) bond motifs is 1. The molecule has 8 heteroatoms. The van der Waals surface area contributed by atoms with Crippen molar-refractivity contribution in [2.45, 2.75) is 12.3 Å². The predicted molar refractivity (Wildman–Crippen MR) is 69.0 cm³/mol. The Bertz CT molecular complexity index is 663. The number of anilines is 1. The lowest BCUT2D eigenvalue weighted by Gasteiger charge is -2.15. The Kier molecular flexibility index (Phi) is 3.94. The number of hydrogen-bond donors (Lipinski definition) is 1. The summed E-state index contributed by atoms with van der Waals surface area (Å²) in [6, 6.07) is 6.10. The van der Waals surface area contributed by atoms with Gasteiger partial charge in [-0.3, -0.25) is 9.78 Å². The second-order valence-electron chi connectivity index (χ2n) is 3.91. The van der Waals surface area contributed by atoms with Crippen LogP contribution in [0.4, 0.5) is 23.2 Å². The highest BCUT2D eigenvalue weighted by Gasteiger charge is 2.49. The minimum absolute atomic E-state index is 0.0553. The van der Waals surface area contributed by atoms with Crippen LogP contribution in [0.15, 0.2) is 34.9 Å². The maximum absolute atomic E-state index is 12.9. The number of halogens is 5. The highest BCUT2D eigenvalue weighted by molar-refractivity contribution is 9.10. The molecule has 1 amide bonds. The van der Waals surface area contributed by atoms with E-state index in [2.05, 4.69) is 20.9 Å². The Morgan fingerprint density at radius 3 is 2.70 bits per heavy atom. The van der Waals surface area contributed by atoms with E-state index in [1.54, 1.807) is 17.4 Å². The van der Waals surface area contributed by atoms with Gasteiger partial charge in [0.25, 0.3) is 0 Å². The van der Waals surface area contributed by atoms with Crippen LogP contribution in [-0.2, 0) is 4.79 Å². The van der Waals surface area contributed by atoms with Gasteiger partial charge in [-0.15, -0.1) is 0 Å². The number of hydrogen-bond acceptors (Lipinski definition) is 2. The van der Waals surface area contributed by atoms with E-state index in [-0.39, 0.29) is 11.2 Å². The monoisotopic (exact) mass is 350 g/mol. The number of carbonyl (C=O) groups excluding carboxylic acids is 1. The first kappa shape index (κ1) is 14.7. The molecule has 20 heavy (non-hydrogen) atoms. The van der Waals surface area contributed by atoms with Crippen molar-refractivity contribution < 1.29 is 22.4 Å². The molecule has 1 aromatic heterocycles. The van der Waals surface area contributed by atoms with Crippen LogP contribution in [0.5, 0.6) is 0 Å². The van der Waals surface area contributed by atoms with E-state index in [9.17, 15) is 22.4 Å². The van der Waals surface area contributed by atoms with E-state index in [4.69, 9.17) is 0 Å². The van der Waals surface area contributed by atoms with E-state index in [1.165, 1.54) is 18.3 Å². The molecule has 1 aromatic carbocycles. The fourth-order valence-corrected chi connectivity index (χ4v) is 1.89. The maximum Gasteiger partial charge on any atom is 0.383 e. The van der Waals surface area contributed by atoms with Crippen molar-refractivity contribution in [2.24, 2.45) is 0 Å². The van der Waals surface area contributed by atoms with Gasteiger partial charge < -0.3 is 5.32 Å². The second kappa shape index (κ2) is 5.35. The summed E-state index contributed by atoms with van der Waals surface area (Å²) in [6.45, 7) is 0. The number of nitrogens with zero attached hydrogens (tertiary/aromatic N) is 1. The van der Waals surface area contributed by atoms with Crippen LogP contribution in [-0.4, -0.2) is 23.2 Å². The zero-order chi connectivity index (χ0) is 14.9. The van der Waals surface area contributed by atoms with Crippen LogP contribution in [0.2, 0.25) is 0 Å². The van der Waals surface area contributed by atoms with Crippen LogP contribution >= 0.6 is 15.9 Å². The molecule has 0 bridgehead atoms. The van der Waals surface area contributed by atoms with Gasteiger partial charge in [-0.05, 0) is 28.1 Å². The second-order valence-corrected chi connectivity index (χ2v) is 4.82. The summed E-state index contributed by atoms with van der Waals surface area (Å²) in [6.07, 6.45) is -2.66. The zero-order valence-electron chi connectivity index (χ0n) is 9.71. The highest BCUT2D eigenvalue weighted by atomic mass is 79.9. The van der Waals surface area contributed by atoms with E-state index in [0.717, 1.165) is 0 Å². The molecular weight excluding hydrogens is 344 g/mol. The number of benzene rings is 1. The van der Waals surface area contributed by atoms with Crippen molar-refractivity contribution >= 4 is 38.4 Å². The number of nitrogens with one attached hydrogen (secondary N) is 1. The van der Waals surface area contributed by atoms with Gasteiger partial charge in [0.15, 0.2) is 0 Å². The normalized spacial score (nSPS) is 11.9. The van der Waals surface area contributed by atoms with Gasteiger partial charge in [0.05, 0.1) is 11.2 Å². The molecule has 0 fully saturated rings. The van der Waals surface area contributed by atoms with Crippen molar-refractivity contribution in [1.29, 1.82) is 0 Å². The van der Waals surface area contributed by atoms with Crippen molar-refractivity contribution in [1.82, 2.24) is 4.98 Å². The first-order valence-electron chi connectivity index (χ1n) is 5.34. The highest BCUT2D eigenvalue weighted by Crippen LogP contribution is 2.28. The Morgan fingerprint density at radius 1 is 1.35 bits per heavy atom. The average molecular weight is 351 g/mol. The van der Waals surface area contributed by atoms with E-state index in [1.807, 2.05) is 0 Å². The number of aromatic nitrogens is 1. The summed E-state index contributed by atoms with van der Waals surface area (Å²) in [4.78, 5) is 15.2. The van der Waals surface area contributed by atoms with Gasteiger partial charge in [-0.1, -0.05) is 12.1 Å². The number of alkyl halides is 4. The molecule has 2 aromatic rings. The molecule has 0 saturated carbocycles. The lowest BCUT2D eigenvalue weighted by atomic mass is 10.2. The minimum atomic E-state index is -4.75. The molecule has 106 valence electrons. The predicted octanol–water partition coefficient (Wildman–Crippen LogP) is 3.84. The summed E-state index contributed by atoms with van der Waals surface area (Å²) in [5, 5.41) is 2.35. The lowest BCUT2D eigenvalue weighted by molar-refractivity contribution is -0.163. The smallest absolute Gasteiger partial charge is 0.319 e. The molecule has 0 spiro atoms. The summed E-state index contributed by atoms with van der Waals surface area (Å²) >= 11 is 3.19. The Labute approximate surface area is 119 Å². The lowest BCUT2D eigenvalue weighted by Crippen LogP contribution is -2.41. The van der Waals surface area contributed by atoms with Gasteiger partial charge in [0, 0.05) is 16.1 Å². The van der Waals surface area contributed by atoms with Crippen molar-refractivity contribution in [3.05, 3.63) is 34.9 Å². The molecule has 0 saturated heterocycles. The fraction of sp³-hybridized carbons (Fsp3) is 0.167. The molecular formula is C12H7BrF4N2O. The van der Waals surface area contributed by atoms with Crippen LogP contribution in [0.3, 0.4) is 0 Å². The Balaban J connectivity index is 2.38. The molecule has 3 nitrogen and oxygen atoms in total. The summed E-state index contributed by atoms with van der Waals surface area (Å²) in [5.41, 5.74) is 0.175. The molecule has 1 N–H and O–H groups in total. The molecule has 1 heterocycles. The number of carbonyl (C=O) groups is 1. The van der Waals surface area contributed by atoms with Crippen molar-refractivity contribution in [3.63, 3.8) is 0 Å². The summed E-state index contributed by atoms with van der Waals surface area (Å²) in [5.74, 6) is -6.82. The van der Waals surface area contributed by atoms with Gasteiger partial charge in [0.1, 0.15) is 0 Å². The van der Waals surface area contributed by atoms with Crippen LogP contribution in [0.25, 0.3) is 10.9 Å². The quantitative estimate of drug-likeness (QED) is 0.854. The zero-order valence-corrected chi connectivity index (χ0v) is 11.3. The number of pyridine rings is 1. The number of rotatable bonds is 3. The average Bonchev–Trinajstić information content (AvgIpc) is 2.38. The molecule has 0 aliphatic rings. The topological polar surface area (TPSA) is 42.0 Å². The van der Waals surface area contributed by atoms with Crippen molar-refractivity contribution in [3.8, 4) is 0 Å². The fourth-order valence-electron chi connectivity index (χ4n) is 1.54. The molecule has 0 aliphatic carbocycles. The molecule has 0 aliphatic heterocycles. The van der Waals surface area contributed by atoms with Gasteiger partial charge in [-0.25, -0.2) is 8.78 Å². The molecule has 0 unspecified atom stereocenters. The van der Waals surface area contributed by atoms with Crippen LogP contribution in [0.1, 0.15) is 0 Å². The first-order valence-corrected chi connectivity index (χ1v) is 6.13. The number of amides is 1. The summed E-state index contributed by atoms with van der Waals surface area (Å²) < 4.78 is 50.7. The molecule has 2 rings (SSSR count). The van der Waals surface area contributed by atoms with Gasteiger partial charge >= 0.3 is 18.3 Å². The maximum atomic E-state index is 12.9. The SMILES string of the molecule is O=C(Nc1cccc2cc(Br)cnc12)C(F)(F)C(F)F. The largest absolute Gasteiger partial charge is 0.383 e. The third-order valence-corrected chi connectivity index (χ3v) is 2.94. The standard InChI is InChI=1S/C12H7BrF4N2O/c13-7-4-6-2-1-3-8(9(6)18-5-7)19-11(20)12(16,17)10(14)15/h1-5,10H,(H,19,20). The third-order valence-electron chi connectivity index (χ3n) is 2.50. The van der Waals surface area contributed by atoms with Crippen molar-refractivity contribution in [2.75, 3.05) is 5.32 Å². The van der Waals surface area contributed by atoms with Gasteiger partial charge in [-0.2, -0.15) is 8.78 Å². The van der Waals surface area contributed by atoms with Gasteiger partial charge in [0.2, 0.25) is 0 Å². The Hall–Kier alpha value is -1.70. The van der Waals surface area contributed by atoms with Crippen LogP contribution < -0.4 is 5.32 Å². The molecule has 0 radical (unpaired) electrons. The summed E-state index contributed by atoms with van der Waals surface area (Å²) in [7, 11) is 0. The van der Waals surface area contributed by atoms with Crippen LogP contribution in [0, 0.1) is 0 Å².